The van der Waals surface area contributed by atoms with Crippen LogP contribution in [0.15, 0.2) is 69.0 Å². The van der Waals surface area contributed by atoms with Gasteiger partial charge < -0.3 is 17.2 Å². The average Bonchev–Trinajstić information content (AvgIpc) is 3.12. The molecular formula is C20H14F6N10. The summed E-state index contributed by atoms with van der Waals surface area (Å²) >= 11 is 0. The number of hydrogen-bond acceptors (Lipinski definition) is 9. The Hall–Kier alpha value is -4.76. The van der Waals surface area contributed by atoms with Crippen LogP contribution < -0.4 is 17.2 Å². The van der Waals surface area contributed by atoms with E-state index in [1.54, 1.807) is 0 Å². The summed E-state index contributed by atoms with van der Waals surface area (Å²) in [6.45, 7) is 0. The fourth-order valence-electron chi connectivity index (χ4n) is 2.93. The lowest BCUT2D eigenvalue weighted by Gasteiger charge is -2.06. The van der Waals surface area contributed by atoms with Gasteiger partial charge in [-0.15, -0.1) is 15.3 Å². The zero-order valence-corrected chi connectivity index (χ0v) is 17.7. The maximum absolute atomic E-state index is 12.7. The second kappa shape index (κ2) is 8.79. The molecule has 0 saturated carbocycles. The quantitative estimate of drug-likeness (QED) is 0.216. The van der Waals surface area contributed by atoms with Gasteiger partial charge >= 0.3 is 12.4 Å². The molecule has 2 aromatic heterocycles. The van der Waals surface area contributed by atoms with Crippen LogP contribution in [0.2, 0.25) is 0 Å². The van der Waals surface area contributed by atoms with E-state index in [9.17, 15) is 26.3 Å². The lowest BCUT2D eigenvalue weighted by atomic mass is 10.2. The van der Waals surface area contributed by atoms with Gasteiger partial charge in [-0.25, -0.2) is 4.98 Å². The van der Waals surface area contributed by atoms with Crippen molar-refractivity contribution in [1.29, 1.82) is 0 Å². The van der Waals surface area contributed by atoms with Crippen molar-refractivity contribution in [2.75, 3.05) is 17.2 Å². The molecule has 2 heterocycles. The van der Waals surface area contributed by atoms with Crippen LogP contribution in [0.4, 0.5) is 66.5 Å². The van der Waals surface area contributed by atoms with Crippen LogP contribution in [-0.2, 0) is 12.4 Å². The smallest absolute Gasteiger partial charge is 0.382 e. The van der Waals surface area contributed by atoms with E-state index in [1.165, 1.54) is 0 Å². The SMILES string of the molecule is Nc1nc2c(N=Nc3ccc(C(F)(F)F)cc3)c(N)nn2c(N)c1N=Nc1ccc(C(F)(F)F)cc1. The van der Waals surface area contributed by atoms with Crippen LogP contribution >= 0.6 is 0 Å². The van der Waals surface area contributed by atoms with Gasteiger partial charge in [-0.1, -0.05) is 0 Å². The number of aromatic nitrogens is 3. The molecule has 16 heteroatoms. The van der Waals surface area contributed by atoms with E-state index in [-0.39, 0.29) is 45.9 Å². The predicted octanol–water partition coefficient (Wildman–Crippen LogP) is 6.34. The van der Waals surface area contributed by atoms with Crippen molar-refractivity contribution >= 4 is 45.9 Å². The lowest BCUT2D eigenvalue weighted by Crippen LogP contribution is -2.04. The number of benzene rings is 2. The van der Waals surface area contributed by atoms with Gasteiger partial charge in [-0.2, -0.15) is 41.1 Å². The fourth-order valence-corrected chi connectivity index (χ4v) is 2.93. The van der Waals surface area contributed by atoms with Crippen LogP contribution in [0.25, 0.3) is 5.65 Å². The molecule has 4 aromatic rings. The van der Waals surface area contributed by atoms with Crippen LogP contribution in [0.3, 0.4) is 0 Å². The standard InChI is InChI=1S/C20H14F6N10/c21-19(22,23)9-1-5-11(6-2-9)31-33-13-15(27)30-18-14(16(28)35-36(18)17(13)29)34-32-12-7-3-10(4-8-12)20(24,25)26/h1-8H,29H2,(H2,27,30)(H2,28,35). The van der Waals surface area contributed by atoms with Gasteiger partial charge in [0.05, 0.1) is 22.5 Å². The first kappa shape index (κ1) is 24.4. The molecule has 0 saturated heterocycles. The normalized spacial score (nSPS) is 12.8. The summed E-state index contributed by atoms with van der Waals surface area (Å²) in [6.07, 6.45) is -9.00. The van der Waals surface area contributed by atoms with E-state index in [0.29, 0.717) is 0 Å². The third kappa shape index (κ3) is 4.86. The molecule has 0 radical (unpaired) electrons. The Kier molecular flexibility index (Phi) is 5.95. The highest BCUT2D eigenvalue weighted by Gasteiger charge is 2.30. The number of hydrogen-bond donors (Lipinski definition) is 3. The number of halogens is 6. The second-order valence-corrected chi connectivity index (χ2v) is 7.19. The largest absolute Gasteiger partial charge is 0.416 e. The monoisotopic (exact) mass is 508 g/mol. The van der Waals surface area contributed by atoms with Gasteiger partial charge in [-0.05, 0) is 48.5 Å². The summed E-state index contributed by atoms with van der Waals surface area (Å²) < 4.78 is 77.3. The fraction of sp³-hybridized carbons (Fsp3) is 0.100. The molecule has 10 nitrogen and oxygen atoms in total. The highest BCUT2D eigenvalue weighted by Crippen LogP contribution is 2.37. The zero-order chi connectivity index (χ0) is 26.3. The molecule has 2 aromatic carbocycles. The molecule has 0 fully saturated rings. The molecule has 0 aliphatic carbocycles. The Morgan fingerprint density at radius 3 is 1.50 bits per heavy atom. The number of alkyl halides is 6. The van der Waals surface area contributed by atoms with Gasteiger partial charge in [0.2, 0.25) is 0 Å². The molecule has 0 aliphatic rings. The molecule has 0 atom stereocenters. The number of nitrogens with two attached hydrogens (primary N) is 3. The Morgan fingerprint density at radius 1 is 0.611 bits per heavy atom. The maximum atomic E-state index is 12.7. The minimum absolute atomic E-state index is 0.0216. The van der Waals surface area contributed by atoms with Crippen molar-refractivity contribution < 1.29 is 26.3 Å². The van der Waals surface area contributed by atoms with E-state index in [0.717, 1.165) is 53.0 Å². The Balaban J connectivity index is 1.64. The minimum atomic E-state index is -4.50. The number of anilines is 3. The van der Waals surface area contributed by atoms with Gasteiger partial charge in [0, 0.05) is 0 Å². The van der Waals surface area contributed by atoms with E-state index < -0.39 is 23.5 Å². The number of fused-ring (bicyclic) bond motifs is 1. The van der Waals surface area contributed by atoms with Gasteiger partial charge in [0.25, 0.3) is 0 Å². The minimum Gasteiger partial charge on any atom is -0.382 e. The van der Waals surface area contributed by atoms with Crippen LogP contribution in [0.1, 0.15) is 11.1 Å². The van der Waals surface area contributed by atoms with Crippen molar-refractivity contribution in [3.05, 3.63) is 59.7 Å². The molecule has 0 amide bonds. The molecule has 0 aliphatic heterocycles. The lowest BCUT2D eigenvalue weighted by molar-refractivity contribution is -0.138. The molecule has 4 rings (SSSR count). The molecule has 36 heavy (non-hydrogen) atoms. The van der Waals surface area contributed by atoms with Crippen LogP contribution in [0, 0.1) is 0 Å². The second-order valence-electron chi connectivity index (χ2n) is 7.19. The number of rotatable bonds is 4. The first-order valence-corrected chi connectivity index (χ1v) is 9.76. The average molecular weight is 508 g/mol. The highest BCUT2D eigenvalue weighted by atomic mass is 19.4. The number of nitrogens with zero attached hydrogens (tertiary/aromatic N) is 7. The van der Waals surface area contributed by atoms with Crippen LogP contribution in [0.5, 0.6) is 0 Å². The van der Waals surface area contributed by atoms with Gasteiger partial charge in [0.1, 0.15) is 0 Å². The number of nitrogen functional groups attached to an aromatic ring is 3. The van der Waals surface area contributed by atoms with E-state index >= 15 is 0 Å². The molecule has 0 bridgehead atoms. The predicted molar refractivity (Wildman–Crippen MR) is 117 cm³/mol. The topological polar surface area (TPSA) is 158 Å². The van der Waals surface area contributed by atoms with Crippen molar-refractivity contribution in [2.45, 2.75) is 12.4 Å². The van der Waals surface area contributed by atoms with E-state index in [4.69, 9.17) is 17.2 Å². The third-order valence-electron chi connectivity index (χ3n) is 4.72. The summed E-state index contributed by atoms with van der Waals surface area (Å²) in [7, 11) is 0. The molecule has 6 N–H and O–H groups in total. The Bertz CT molecular complexity index is 1470. The third-order valence-corrected chi connectivity index (χ3v) is 4.72. The summed E-state index contributed by atoms with van der Waals surface area (Å²) in [5.74, 6) is -0.543. The maximum Gasteiger partial charge on any atom is 0.416 e. The van der Waals surface area contributed by atoms with Crippen molar-refractivity contribution in [1.82, 2.24) is 14.6 Å². The first-order valence-electron chi connectivity index (χ1n) is 9.76. The summed E-state index contributed by atoms with van der Waals surface area (Å²) in [6, 6.07) is 7.81. The van der Waals surface area contributed by atoms with Gasteiger partial charge in [-0.3, -0.25) is 0 Å². The molecular weight excluding hydrogens is 494 g/mol. The molecule has 0 spiro atoms. The Labute approximate surface area is 197 Å². The van der Waals surface area contributed by atoms with Crippen molar-refractivity contribution in [3.63, 3.8) is 0 Å². The highest BCUT2D eigenvalue weighted by molar-refractivity contribution is 5.83. The molecule has 186 valence electrons. The van der Waals surface area contributed by atoms with Crippen molar-refractivity contribution in [3.8, 4) is 0 Å². The van der Waals surface area contributed by atoms with Crippen LogP contribution in [-0.4, -0.2) is 14.6 Å². The van der Waals surface area contributed by atoms with E-state index in [1.807, 2.05) is 0 Å². The summed E-state index contributed by atoms with van der Waals surface area (Å²) in [5.41, 5.74) is 16.1. The molecule has 0 unspecified atom stereocenters. The van der Waals surface area contributed by atoms with Crippen molar-refractivity contribution in [2.24, 2.45) is 20.5 Å². The zero-order valence-electron chi connectivity index (χ0n) is 17.7. The Morgan fingerprint density at radius 2 is 1.06 bits per heavy atom. The number of azo groups is 2. The van der Waals surface area contributed by atoms with E-state index in [2.05, 4.69) is 30.5 Å². The van der Waals surface area contributed by atoms with Gasteiger partial charge in [0.15, 0.2) is 34.5 Å². The first-order chi connectivity index (χ1) is 16.8. The summed E-state index contributed by atoms with van der Waals surface area (Å²) in [4.78, 5) is 4.09. The summed E-state index contributed by atoms with van der Waals surface area (Å²) in [5, 5.41) is 19.4.